The van der Waals surface area contributed by atoms with Gasteiger partial charge in [-0.1, -0.05) is 37.3 Å². The smallest absolute Gasteiger partial charge is 0.226 e. The molecule has 35 heavy (non-hydrogen) atoms. The van der Waals surface area contributed by atoms with Crippen LogP contribution in [0.5, 0.6) is 5.75 Å². The predicted octanol–water partition coefficient (Wildman–Crippen LogP) is 5.85. The van der Waals surface area contributed by atoms with Crippen molar-refractivity contribution < 1.29 is 13.6 Å². The van der Waals surface area contributed by atoms with Gasteiger partial charge in [0.25, 0.3) is 0 Å². The highest BCUT2D eigenvalue weighted by molar-refractivity contribution is 5.53. The third-order valence-corrected chi connectivity index (χ3v) is 5.95. The Bertz CT molecular complexity index is 1340. The van der Waals surface area contributed by atoms with Gasteiger partial charge in [0.15, 0.2) is 0 Å². The Labute approximate surface area is 204 Å². The number of nitrogens with zero attached hydrogens (tertiary/aromatic N) is 4. The van der Waals surface area contributed by atoms with E-state index in [1.54, 1.807) is 0 Å². The molecule has 0 aliphatic heterocycles. The summed E-state index contributed by atoms with van der Waals surface area (Å²) < 4.78 is 19.9. The lowest BCUT2D eigenvalue weighted by molar-refractivity contribution is 0.319. The Morgan fingerprint density at radius 3 is 2.40 bits per heavy atom. The molecule has 0 aliphatic carbocycles. The van der Waals surface area contributed by atoms with Crippen LogP contribution in [0.25, 0.3) is 11.5 Å². The summed E-state index contributed by atoms with van der Waals surface area (Å²) in [4.78, 5) is 4.65. The summed E-state index contributed by atoms with van der Waals surface area (Å²) in [5, 5.41) is 8.47. The number of benzene rings is 2. The van der Waals surface area contributed by atoms with E-state index in [4.69, 9.17) is 13.6 Å². The van der Waals surface area contributed by atoms with E-state index in [9.17, 15) is 0 Å². The topological polar surface area (TPSA) is 79.1 Å². The normalized spacial score (nSPS) is 12.1. The summed E-state index contributed by atoms with van der Waals surface area (Å²) in [7, 11) is 0. The fourth-order valence-corrected chi connectivity index (χ4v) is 4.01. The Kier molecular flexibility index (Phi) is 6.75. The maximum absolute atomic E-state index is 6.01. The third kappa shape index (κ3) is 5.35. The van der Waals surface area contributed by atoms with Gasteiger partial charge in [0.2, 0.25) is 17.7 Å². The molecule has 0 bridgehead atoms. The number of hydrogen-bond acceptors (Lipinski definition) is 6. The Morgan fingerprint density at radius 1 is 0.914 bits per heavy atom. The average molecular weight is 469 g/mol. The van der Waals surface area contributed by atoms with Crippen LogP contribution in [0, 0.1) is 6.92 Å². The van der Waals surface area contributed by atoms with E-state index < -0.39 is 0 Å². The van der Waals surface area contributed by atoms with Gasteiger partial charge in [0, 0.05) is 37.3 Å². The number of ether oxygens (including phenoxy) is 1. The molecule has 5 aromatic rings. The maximum Gasteiger partial charge on any atom is 0.226 e. The van der Waals surface area contributed by atoms with E-state index in [-0.39, 0.29) is 5.92 Å². The van der Waals surface area contributed by atoms with Crippen LogP contribution in [0.15, 0.2) is 88.0 Å². The van der Waals surface area contributed by atoms with Crippen molar-refractivity contribution in [2.75, 3.05) is 6.61 Å². The fourth-order valence-electron chi connectivity index (χ4n) is 4.01. The van der Waals surface area contributed by atoms with E-state index in [0.29, 0.717) is 43.7 Å². The highest BCUT2D eigenvalue weighted by Gasteiger charge is 2.21. The van der Waals surface area contributed by atoms with E-state index in [1.807, 2.05) is 80.8 Å². The van der Waals surface area contributed by atoms with Gasteiger partial charge in [0.05, 0.1) is 18.2 Å². The first-order valence-electron chi connectivity index (χ1n) is 11.9. The summed E-state index contributed by atoms with van der Waals surface area (Å²) >= 11 is 0. The zero-order valence-electron chi connectivity index (χ0n) is 19.9. The number of aromatic nitrogens is 4. The lowest BCUT2D eigenvalue weighted by atomic mass is 9.98. The highest BCUT2D eigenvalue weighted by Crippen LogP contribution is 2.28. The molecule has 0 saturated heterocycles. The minimum atomic E-state index is -0.0431. The fraction of sp³-hybridized carbons (Fsp3) is 0.250. The molecule has 7 heteroatoms. The van der Waals surface area contributed by atoms with Gasteiger partial charge >= 0.3 is 0 Å². The maximum atomic E-state index is 6.01. The number of aryl methyl sites for hydroxylation is 2. The summed E-state index contributed by atoms with van der Waals surface area (Å²) in [6.45, 7) is 5.17. The molecule has 0 aliphatic rings. The number of rotatable bonds is 10. The summed E-state index contributed by atoms with van der Waals surface area (Å²) in [6, 6.07) is 22.0. The highest BCUT2D eigenvalue weighted by atomic mass is 16.5. The molecular formula is C28H28N4O3. The largest absolute Gasteiger partial charge is 0.493 e. The van der Waals surface area contributed by atoms with Crippen LogP contribution in [0.2, 0.25) is 0 Å². The zero-order chi connectivity index (χ0) is 24.0. The van der Waals surface area contributed by atoms with Crippen LogP contribution in [0.4, 0.5) is 0 Å². The van der Waals surface area contributed by atoms with Crippen molar-refractivity contribution in [1.29, 1.82) is 0 Å². The molecule has 1 unspecified atom stereocenters. The van der Waals surface area contributed by atoms with Crippen molar-refractivity contribution in [3.8, 4) is 17.2 Å². The molecule has 0 saturated carbocycles. The van der Waals surface area contributed by atoms with Gasteiger partial charge in [-0.3, -0.25) is 0 Å². The molecule has 0 fully saturated rings. The van der Waals surface area contributed by atoms with Crippen LogP contribution in [-0.4, -0.2) is 26.4 Å². The second-order valence-electron chi connectivity index (χ2n) is 8.38. The monoisotopic (exact) mass is 468 g/mol. The van der Waals surface area contributed by atoms with Crippen LogP contribution >= 0.6 is 0 Å². The van der Waals surface area contributed by atoms with E-state index >= 15 is 0 Å². The zero-order valence-corrected chi connectivity index (χ0v) is 19.9. The molecule has 5 rings (SSSR count). The third-order valence-electron chi connectivity index (χ3n) is 5.95. The first-order chi connectivity index (χ1) is 17.2. The minimum Gasteiger partial charge on any atom is -0.493 e. The number of hydrogen-bond donors (Lipinski definition) is 0. The van der Waals surface area contributed by atoms with E-state index in [1.165, 1.54) is 0 Å². The average Bonchev–Trinajstić information content (AvgIpc) is 3.66. The van der Waals surface area contributed by atoms with Gasteiger partial charge in [-0.25, -0.2) is 4.98 Å². The molecular weight excluding hydrogens is 440 g/mol. The molecule has 7 nitrogen and oxygen atoms in total. The molecule has 1 atom stereocenters. The lowest BCUT2D eigenvalue weighted by Crippen LogP contribution is -2.10. The van der Waals surface area contributed by atoms with Crippen LogP contribution in [0.1, 0.15) is 41.6 Å². The quantitative estimate of drug-likeness (QED) is 0.256. The van der Waals surface area contributed by atoms with Gasteiger partial charge < -0.3 is 18.1 Å². The van der Waals surface area contributed by atoms with E-state index in [2.05, 4.69) is 31.9 Å². The lowest BCUT2D eigenvalue weighted by Gasteiger charge is -2.15. The summed E-state index contributed by atoms with van der Waals surface area (Å²) in [5.74, 6) is 3.50. The molecule has 3 aromatic heterocycles. The molecule has 3 heterocycles. The minimum absolute atomic E-state index is 0.0431. The summed E-state index contributed by atoms with van der Waals surface area (Å²) in [6.07, 6.45) is 5.46. The molecule has 0 spiro atoms. The van der Waals surface area contributed by atoms with Crippen molar-refractivity contribution in [3.05, 3.63) is 108 Å². The van der Waals surface area contributed by atoms with Crippen molar-refractivity contribution >= 4 is 0 Å². The van der Waals surface area contributed by atoms with E-state index in [0.717, 1.165) is 28.3 Å². The Hall–Kier alpha value is -4.13. The SMILES string of the molecule is CCc1nnc(C(Cn2cccc2)c2ccc(OCCc3nc(-c4ccccc4)oc3C)cc2)o1. The van der Waals surface area contributed by atoms with Gasteiger partial charge in [-0.2, -0.15) is 0 Å². The van der Waals surface area contributed by atoms with Crippen molar-refractivity contribution in [1.82, 2.24) is 19.7 Å². The van der Waals surface area contributed by atoms with Crippen LogP contribution in [-0.2, 0) is 19.4 Å². The van der Waals surface area contributed by atoms with Crippen molar-refractivity contribution in [2.24, 2.45) is 0 Å². The van der Waals surface area contributed by atoms with Gasteiger partial charge in [-0.05, 0) is 48.9 Å². The molecule has 178 valence electrons. The van der Waals surface area contributed by atoms with Crippen molar-refractivity contribution in [3.63, 3.8) is 0 Å². The second-order valence-corrected chi connectivity index (χ2v) is 8.38. The Balaban J connectivity index is 1.24. The van der Waals surface area contributed by atoms with Crippen molar-refractivity contribution in [2.45, 2.75) is 39.2 Å². The second kappa shape index (κ2) is 10.4. The predicted molar refractivity (Wildman–Crippen MR) is 132 cm³/mol. The first kappa shape index (κ1) is 22.7. The van der Waals surface area contributed by atoms with Gasteiger partial charge in [0.1, 0.15) is 11.5 Å². The molecule has 0 amide bonds. The first-order valence-corrected chi connectivity index (χ1v) is 11.9. The molecule has 0 N–H and O–H groups in total. The van der Waals surface area contributed by atoms with Crippen LogP contribution in [0.3, 0.4) is 0 Å². The molecule has 2 aromatic carbocycles. The van der Waals surface area contributed by atoms with Crippen LogP contribution < -0.4 is 4.74 Å². The number of oxazole rings is 1. The van der Waals surface area contributed by atoms with Gasteiger partial charge in [-0.15, -0.1) is 10.2 Å². The Morgan fingerprint density at radius 2 is 1.69 bits per heavy atom. The standard InChI is InChI=1S/C28H28N4O3/c1-3-26-30-31-28(35-26)24(19-32-16-7-8-17-32)21-11-13-23(14-12-21)33-18-15-25-20(2)34-27(29-25)22-9-5-4-6-10-22/h4-14,16-17,24H,3,15,18-19H2,1-2H3. The summed E-state index contributed by atoms with van der Waals surface area (Å²) in [5.41, 5.74) is 2.98. The molecule has 0 radical (unpaired) electrons.